The molecule has 31 heavy (non-hydrogen) atoms. The SMILES string of the molecule is Cc1nc2c(cnn2C(C)C)c(C)c1CCC(=O)NNC(=O)c1cc2c(s1)CCCC2. The second kappa shape index (κ2) is 8.78. The van der Waals surface area contributed by atoms with E-state index < -0.39 is 0 Å². The normalized spacial score (nSPS) is 13.5. The van der Waals surface area contributed by atoms with Crippen LogP contribution in [0.25, 0.3) is 11.0 Å². The molecule has 0 saturated carbocycles. The number of pyridine rings is 1. The van der Waals surface area contributed by atoms with Gasteiger partial charge in [0, 0.05) is 28.4 Å². The van der Waals surface area contributed by atoms with E-state index in [0.717, 1.165) is 40.7 Å². The Labute approximate surface area is 186 Å². The zero-order valence-electron chi connectivity index (χ0n) is 18.5. The van der Waals surface area contributed by atoms with Crippen molar-refractivity contribution in [3.8, 4) is 0 Å². The van der Waals surface area contributed by atoms with Crippen LogP contribution in [0.4, 0.5) is 0 Å². The van der Waals surface area contributed by atoms with Crippen molar-refractivity contribution in [2.45, 2.75) is 72.3 Å². The predicted octanol–water partition coefficient (Wildman–Crippen LogP) is 3.96. The summed E-state index contributed by atoms with van der Waals surface area (Å²) in [5, 5.41) is 5.48. The molecule has 4 rings (SSSR count). The molecule has 3 aromatic heterocycles. The maximum Gasteiger partial charge on any atom is 0.279 e. The van der Waals surface area contributed by atoms with Crippen LogP contribution in [0.2, 0.25) is 0 Å². The summed E-state index contributed by atoms with van der Waals surface area (Å²) in [6, 6.07) is 2.20. The van der Waals surface area contributed by atoms with Crippen LogP contribution in [0.1, 0.15) is 76.1 Å². The number of thiophene rings is 1. The molecule has 0 atom stereocenters. The minimum atomic E-state index is -0.246. The second-order valence-electron chi connectivity index (χ2n) is 8.49. The highest BCUT2D eigenvalue weighted by Gasteiger charge is 2.18. The lowest BCUT2D eigenvalue weighted by molar-refractivity contribution is -0.121. The van der Waals surface area contributed by atoms with Gasteiger partial charge in [0.25, 0.3) is 5.91 Å². The van der Waals surface area contributed by atoms with Crippen LogP contribution >= 0.6 is 11.3 Å². The number of aromatic nitrogens is 3. The van der Waals surface area contributed by atoms with E-state index in [-0.39, 0.29) is 24.3 Å². The Morgan fingerprint density at radius 1 is 1.19 bits per heavy atom. The fourth-order valence-electron chi connectivity index (χ4n) is 4.23. The van der Waals surface area contributed by atoms with Gasteiger partial charge in [0.2, 0.25) is 5.91 Å². The summed E-state index contributed by atoms with van der Waals surface area (Å²) in [5.74, 6) is -0.462. The van der Waals surface area contributed by atoms with Gasteiger partial charge in [-0.25, -0.2) is 9.67 Å². The van der Waals surface area contributed by atoms with E-state index in [9.17, 15) is 9.59 Å². The Morgan fingerprint density at radius 3 is 2.71 bits per heavy atom. The Balaban J connectivity index is 1.37. The molecule has 8 heteroatoms. The Morgan fingerprint density at radius 2 is 1.97 bits per heavy atom. The minimum absolute atomic E-state index is 0.216. The maximum absolute atomic E-state index is 12.4. The van der Waals surface area contributed by atoms with Crippen molar-refractivity contribution in [2.24, 2.45) is 0 Å². The van der Waals surface area contributed by atoms with E-state index in [1.165, 1.54) is 34.6 Å². The van der Waals surface area contributed by atoms with Crippen molar-refractivity contribution in [3.63, 3.8) is 0 Å². The van der Waals surface area contributed by atoms with Crippen molar-refractivity contribution in [1.29, 1.82) is 0 Å². The van der Waals surface area contributed by atoms with Gasteiger partial charge in [-0.2, -0.15) is 5.10 Å². The maximum atomic E-state index is 12.4. The van der Waals surface area contributed by atoms with Gasteiger partial charge in [-0.05, 0) is 82.6 Å². The van der Waals surface area contributed by atoms with Crippen molar-refractivity contribution >= 4 is 34.2 Å². The fraction of sp³-hybridized carbons (Fsp3) is 0.478. The molecular formula is C23H29N5O2S. The lowest BCUT2D eigenvalue weighted by Crippen LogP contribution is -2.41. The van der Waals surface area contributed by atoms with Crippen LogP contribution in [-0.4, -0.2) is 26.6 Å². The largest absolute Gasteiger partial charge is 0.279 e. The molecule has 0 spiro atoms. The van der Waals surface area contributed by atoms with Gasteiger partial charge in [0.05, 0.1) is 11.1 Å². The number of rotatable bonds is 5. The molecule has 2 N–H and O–H groups in total. The number of nitrogens with zero attached hydrogens (tertiary/aromatic N) is 3. The van der Waals surface area contributed by atoms with Crippen molar-refractivity contribution < 1.29 is 9.59 Å². The zero-order valence-corrected chi connectivity index (χ0v) is 19.4. The summed E-state index contributed by atoms with van der Waals surface area (Å²) in [6.07, 6.45) is 7.13. The van der Waals surface area contributed by atoms with Gasteiger partial charge in [-0.3, -0.25) is 20.4 Å². The topological polar surface area (TPSA) is 88.9 Å². The first kappa shape index (κ1) is 21.5. The summed E-state index contributed by atoms with van der Waals surface area (Å²) in [4.78, 5) is 31.5. The Hall–Kier alpha value is -2.74. The molecule has 2 amide bonds. The molecule has 0 aromatic carbocycles. The van der Waals surface area contributed by atoms with Crippen molar-refractivity contribution in [2.75, 3.05) is 0 Å². The number of hydrazine groups is 1. The predicted molar refractivity (Wildman–Crippen MR) is 122 cm³/mol. The zero-order chi connectivity index (χ0) is 22.1. The van der Waals surface area contributed by atoms with Gasteiger partial charge >= 0.3 is 0 Å². The molecule has 0 saturated heterocycles. The van der Waals surface area contributed by atoms with E-state index in [0.29, 0.717) is 11.3 Å². The van der Waals surface area contributed by atoms with Crippen LogP contribution < -0.4 is 10.9 Å². The quantitative estimate of drug-likeness (QED) is 0.589. The first-order chi connectivity index (χ1) is 14.8. The van der Waals surface area contributed by atoms with Gasteiger partial charge in [-0.1, -0.05) is 0 Å². The summed E-state index contributed by atoms with van der Waals surface area (Å²) in [6.45, 7) is 8.18. The first-order valence-electron chi connectivity index (χ1n) is 10.9. The molecule has 3 heterocycles. The average molecular weight is 440 g/mol. The van der Waals surface area contributed by atoms with Crippen LogP contribution in [0, 0.1) is 13.8 Å². The molecule has 164 valence electrons. The standard InChI is InChI=1S/C23H29N5O2S/c1-13(2)28-22-18(12-24-28)14(3)17(15(4)25-22)9-10-21(29)26-27-23(30)20-11-16-7-5-6-8-19(16)31-20/h11-13H,5-10H2,1-4H3,(H,26,29)(H,27,30). The average Bonchev–Trinajstić information content (AvgIpc) is 3.36. The number of nitrogens with one attached hydrogen (secondary N) is 2. The van der Waals surface area contributed by atoms with Crippen LogP contribution in [-0.2, 0) is 24.1 Å². The van der Waals surface area contributed by atoms with Gasteiger partial charge in [-0.15, -0.1) is 11.3 Å². The summed E-state index contributed by atoms with van der Waals surface area (Å²) in [5.41, 5.74) is 10.4. The Kier molecular flexibility index (Phi) is 6.09. The number of carbonyl (C=O) groups excluding carboxylic acids is 2. The van der Waals surface area contributed by atoms with Crippen molar-refractivity contribution in [3.05, 3.63) is 44.4 Å². The lowest BCUT2D eigenvalue weighted by Gasteiger charge is -2.13. The van der Waals surface area contributed by atoms with Crippen LogP contribution in [0.15, 0.2) is 12.3 Å². The third kappa shape index (κ3) is 4.35. The molecule has 1 aliphatic carbocycles. The smallest absolute Gasteiger partial charge is 0.273 e. The Bertz CT molecular complexity index is 1120. The molecule has 1 aliphatic rings. The van der Waals surface area contributed by atoms with Gasteiger partial charge < -0.3 is 0 Å². The molecule has 7 nitrogen and oxygen atoms in total. The molecule has 3 aromatic rings. The van der Waals surface area contributed by atoms with Gasteiger partial charge in [0.15, 0.2) is 5.65 Å². The number of amides is 2. The first-order valence-corrected chi connectivity index (χ1v) is 11.7. The van der Waals surface area contributed by atoms with Crippen LogP contribution in [0.5, 0.6) is 0 Å². The number of carbonyl (C=O) groups is 2. The highest BCUT2D eigenvalue weighted by Crippen LogP contribution is 2.29. The molecule has 0 fully saturated rings. The van der Waals surface area contributed by atoms with E-state index in [2.05, 4.69) is 36.7 Å². The molecule has 0 bridgehead atoms. The number of aryl methyl sites for hydroxylation is 4. The summed E-state index contributed by atoms with van der Waals surface area (Å²) in [7, 11) is 0. The van der Waals surface area contributed by atoms with Gasteiger partial charge in [0.1, 0.15) is 0 Å². The third-order valence-corrected chi connectivity index (χ3v) is 7.20. The highest BCUT2D eigenvalue weighted by atomic mass is 32.1. The van der Waals surface area contributed by atoms with E-state index in [1.807, 2.05) is 23.9 Å². The van der Waals surface area contributed by atoms with Crippen molar-refractivity contribution in [1.82, 2.24) is 25.6 Å². The second-order valence-corrected chi connectivity index (χ2v) is 9.63. The molecule has 0 unspecified atom stereocenters. The van der Waals surface area contributed by atoms with E-state index in [4.69, 9.17) is 4.98 Å². The number of hydrogen-bond donors (Lipinski definition) is 2. The fourth-order valence-corrected chi connectivity index (χ4v) is 5.38. The molecule has 0 aliphatic heterocycles. The molecular weight excluding hydrogens is 410 g/mol. The third-order valence-electron chi connectivity index (χ3n) is 5.96. The lowest BCUT2D eigenvalue weighted by atomic mass is 9.99. The minimum Gasteiger partial charge on any atom is -0.273 e. The highest BCUT2D eigenvalue weighted by molar-refractivity contribution is 7.14. The number of hydrogen-bond acceptors (Lipinski definition) is 5. The number of fused-ring (bicyclic) bond motifs is 2. The van der Waals surface area contributed by atoms with Crippen LogP contribution in [0.3, 0.4) is 0 Å². The van der Waals surface area contributed by atoms with E-state index >= 15 is 0 Å². The van der Waals surface area contributed by atoms with E-state index in [1.54, 1.807) is 0 Å². The molecule has 0 radical (unpaired) electrons. The summed E-state index contributed by atoms with van der Waals surface area (Å²) < 4.78 is 1.92. The monoisotopic (exact) mass is 439 g/mol. The summed E-state index contributed by atoms with van der Waals surface area (Å²) >= 11 is 1.53.